The molecule has 2 aliphatic carbocycles. The van der Waals surface area contributed by atoms with Gasteiger partial charge in [-0.3, -0.25) is 0 Å². The van der Waals surface area contributed by atoms with Crippen LogP contribution in [0.25, 0.3) is 0 Å². The van der Waals surface area contributed by atoms with Crippen molar-refractivity contribution in [2.75, 3.05) is 13.2 Å². The summed E-state index contributed by atoms with van der Waals surface area (Å²) in [6, 6.07) is 9.58. The second kappa shape index (κ2) is 4.93. The lowest BCUT2D eigenvalue weighted by molar-refractivity contribution is 0.232. The van der Waals surface area contributed by atoms with Gasteiger partial charge in [0.1, 0.15) is 5.75 Å². The van der Waals surface area contributed by atoms with Crippen LogP contribution in [-0.2, 0) is 5.41 Å². The Morgan fingerprint density at radius 3 is 2.44 bits per heavy atom. The fourth-order valence-corrected chi connectivity index (χ4v) is 2.87. The molecule has 0 saturated heterocycles. The Balaban J connectivity index is 1.69. The summed E-state index contributed by atoms with van der Waals surface area (Å²) in [7, 11) is 0. The van der Waals surface area contributed by atoms with E-state index in [-0.39, 0.29) is 0 Å². The molecule has 1 aromatic carbocycles. The Kier molecular flexibility index (Phi) is 3.29. The van der Waals surface area contributed by atoms with Gasteiger partial charge in [-0.05, 0) is 50.3 Å². The molecule has 2 nitrogen and oxygen atoms in total. The van der Waals surface area contributed by atoms with Crippen molar-refractivity contribution in [1.29, 1.82) is 0 Å². The maximum absolute atomic E-state index is 5.52. The fraction of sp³-hybridized carbons (Fsp3) is 0.625. The Morgan fingerprint density at radius 1 is 1.22 bits per heavy atom. The lowest BCUT2D eigenvalue weighted by Gasteiger charge is -2.43. The lowest BCUT2D eigenvalue weighted by Crippen LogP contribution is -2.44. The monoisotopic (exact) mass is 245 g/mol. The topological polar surface area (TPSA) is 21.3 Å². The van der Waals surface area contributed by atoms with Crippen LogP contribution in [0.15, 0.2) is 24.3 Å². The maximum atomic E-state index is 5.52. The summed E-state index contributed by atoms with van der Waals surface area (Å²) in [4.78, 5) is 0. The van der Waals surface area contributed by atoms with Gasteiger partial charge in [0.15, 0.2) is 0 Å². The number of hydrogen-bond donors (Lipinski definition) is 1. The molecule has 2 fully saturated rings. The molecule has 0 amide bonds. The van der Waals surface area contributed by atoms with Crippen LogP contribution in [-0.4, -0.2) is 19.2 Å². The number of hydrogen-bond acceptors (Lipinski definition) is 2. The highest BCUT2D eigenvalue weighted by molar-refractivity contribution is 5.34. The lowest BCUT2D eigenvalue weighted by atomic mass is 9.64. The molecule has 1 aromatic rings. The predicted molar refractivity (Wildman–Crippen MR) is 74.2 cm³/mol. The third kappa shape index (κ3) is 2.39. The number of ether oxygens (including phenoxy) is 1. The first-order chi connectivity index (χ1) is 8.82. The van der Waals surface area contributed by atoms with Gasteiger partial charge in [0.2, 0.25) is 0 Å². The van der Waals surface area contributed by atoms with Crippen LogP contribution < -0.4 is 10.1 Å². The zero-order valence-electron chi connectivity index (χ0n) is 11.2. The second-order valence-corrected chi connectivity index (χ2v) is 5.75. The van der Waals surface area contributed by atoms with E-state index in [1.165, 1.54) is 37.7 Å². The van der Waals surface area contributed by atoms with Gasteiger partial charge in [-0.2, -0.15) is 0 Å². The van der Waals surface area contributed by atoms with Crippen molar-refractivity contribution < 1.29 is 4.74 Å². The van der Waals surface area contributed by atoms with E-state index in [1.807, 2.05) is 6.92 Å². The van der Waals surface area contributed by atoms with E-state index in [2.05, 4.69) is 29.6 Å². The van der Waals surface area contributed by atoms with Gasteiger partial charge in [-0.15, -0.1) is 0 Å². The van der Waals surface area contributed by atoms with Crippen LogP contribution >= 0.6 is 0 Å². The minimum atomic E-state index is 0.410. The van der Waals surface area contributed by atoms with E-state index in [0.29, 0.717) is 5.41 Å². The Morgan fingerprint density at radius 2 is 1.94 bits per heavy atom. The first kappa shape index (κ1) is 12.0. The van der Waals surface area contributed by atoms with Crippen molar-refractivity contribution >= 4 is 0 Å². The zero-order chi connectivity index (χ0) is 12.4. The smallest absolute Gasteiger partial charge is 0.119 e. The Bertz CT molecular complexity index is 390. The van der Waals surface area contributed by atoms with Crippen molar-refractivity contribution in [3.8, 4) is 5.75 Å². The van der Waals surface area contributed by atoms with Crippen LogP contribution in [0.4, 0.5) is 0 Å². The van der Waals surface area contributed by atoms with Crippen LogP contribution in [0, 0.1) is 0 Å². The standard InChI is InChI=1S/C16H23NO/c1-2-18-15-8-4-13(5-9-15)16(10-3-11-16)12-17-14-6-7-14/h4-5,8-9,14,17H,2-3,6-7,10-12H2,1H3. The molecule has 0 aromatic heterocycles. The Labute approximate surface area is 110 Å². The summed E-state index contributed by atoms with van der Waals surface area (Å²) in [6.45, 7) is 3.93. The van der Waals surface area contributed by atoms with Crippen molar-refractivity contribution in [1.82, 2.24) is 5.32 Å². The molecule has 3 rings (SSSR count). The van der Waals surface area contributed by atoms with E-state index < -0.39 is 0 Å². The van der Waals surface area contributed by atoms with Gasteiger partial charge in [0.05, 0.1) is 6.61 Å². The minimum Gasteiger partial charge on any atom is -0.494 e. The molecule has 0 bridgehead atoms. The molecule has 0 radical (unpaired) electrons. The van der Waals surface area contributed by atoms with E-state index in [0.717, 1.165) is 24.9 Å². The molecule has 0 atom stereocenters. The predicted octanol–water partition coefficient (Wildman–Crippen LogP) is 3.26. The highest BCUT2D eigenvalue weighted by Crippen LogP contribution is 2.44. The molecule has 0 aliphatic heterocycles. The summed E-state index contributed by atoms with van der Waals surface area (Å²) in [5.74, 6) is 0.992. The van der Waals surface area contributed by atoms with Crippen molar-refractivity contribution in [3.05, 3.63) is 29.8 Å². The average Bonchev–Trinajstić information content (AvgIpc) is 3.14. The van der Waals surface area contributed by atoms with Crippen molar-refractivity contribution in [2.24, 2.45) is 0 Å². The molecule has 2 heteroatoms. The molecule has 2 aliphatic rings. The number of nitrogens with one attached hydrogen (secondary N) is 1. The van der Waals surface area contributed by atoms with Crippen molar-refractivity contribution in [3.63, 3.8) is 0 Å². The summed E-state index contributed by atoms with van der Waals surface area (Å²) in [5, 5.41) is 3.71. The van der Waals surface area contributed by atoms with E-state index >= 15 is 0 Å². The van der Waals surface area contributed by atoms with Gasteiger partial charge in [0, 0.05) is 18.0 Å². The Hall–Kier alpha value is -1.02. The molecular formula is C16H23NO. The van der Waals surface area contributed by atoms with Crippen LogP contribution in [0.1, 0.15) is 44.6 Å². The minimum absolute atomic E-state index is 0.410. The van der Waals surface area contributed by atoms with E-state index in [1.54, 1.807) is 0 Å². The third-order valence-electron chi connectivity index (χ3n) is 4.39. The van der Waals surface area contributed by atoms with Gasteiger partial charge in [-0.25, -0.2) is 0 Å². The van der Waals surface area contributed by atoms with Crippen LogP contribution in [0.5, 0.6) is 5.75 Å². The number of benzene rings is 1. The van der Waals surface area contributed by atoms with Gasteiger partial charge in [-0.1, -0.05) is 18.6 Å². The van der Waals surface area contributed by atoms with Crippen LogP contribution in [0.2, 0.25) is 0 Å². The highest BCUT2D eigenvalue weighted by Gasteiger charge is 2.39. The second-order valence-electron chi connectivity index (χ2n) is 5.75. The first-order valence-electron chi connectivity index (χ1n) is 7.29. The van der Waals surface area contributed by atoms with Crippen LogP contribution in [0.3, 0.4) is 0 Å². The summed E-state index contributed by atoms with van der Waals surface area (Å²) in [5.41, 5.74) is 1.90. The molecule has 0 unspecified atom stereocenters. The molecule has 0 spiro atoms. The highest BCUT2D eigenvalue weighted by atomic mass is 16.5. The molecule has 1 N–H and O–H groups in total. The fourth-order valence-electron chi connectivity index (χ4n) is 2.87. The van der Waals surface area contributed by atoms with Gasteiger partial charge in [0.25, 0.3) is 0 Å². The van der Waals surface area contributed by atoms with Gasteiger partial charge >= 0.3 is 0 Å². The molecule has 98 valence electrons. The molecule has 0 heterocycles. The summed E-state index contributed by atoms with van der Waals surface area (Å²) >= 11 is 0. The molecular weight excluding hydrogens is 222 g/mol. The van der Waals surface area contributed by atoms with E-state index in [9.17, 15) is 0 Å². The maximum Gasteiger partial charge on any atom is 0.119 e. The summed E-state index contributed by atoms with van der Waals surface area (Å²) in [6.07, 6.45) is 6.79. The molecule has 18 heavy (non-hydrogen) atoms. The quantitative estimate of drug-likeness (QED) is 0.830. The normalized spacial score (nSPS) is 21.4. The van der Waals surface area contributed by atoms with E-state index in [4.69, 9.17) is 4.74 Å². The first-order valence-corrected chi connectivity index (χ1v) is 7.29. The SMILES string of the molecule is CCOc1ccc(C2(CNC3CC3)CCC2)cc1. The zero-order valence-corrected chi connectivity index (χ0v) is 11.2. The number of rotatable bonds is 6. The largest absolute Gasteiger partial charge is 0.494 e. The summed E-state index contributed by atoms with van der Waals surface area (Å²) < 4.78 is 5.52. The average molecular weight is 245 g/mol. The third-order valence-corrected chi connectivity index (χ3v) is 4.39. The molecule has 2 saturated carbocycles. The van der Waals surface area contributed by atoms with Crippen molar-refractivity contribution in [2.45, 2.75) is 50.5 Å². The van der Waals surface area contributed by atoms with Gasteiger partial charge < -0.3 is 10.1 Å².